The summed E-state index contributed by atoms with van der Waals surface area (Å²) in [6.45, 7) is 10.7. The molecule has 0 fully saturated rings. The quantitative estimate of drug-likeness (QED) is 0.519. The third-order valence-corrected chi connectivity index (χ3v) is 2.69. The van der Waals surface area contributed by atoms with Gasteiger partial charge in [-0.15, -0.1) is 0 Å². The van der Waals surface area contributed by atoms with Crippen LogP contribution < -0.4 is 0 Å². The predicted octanol–water partition coefficient (Wildman–Crippen LogP) is 2.62. The molecule has 0 saturated heterocycles. The average molecular weight is 148 g/mol. The van der Waals surface area contributed by atoms with E-state index in [2.05, 4.69) is 44.1 Å². The highest BCUT2D eigenvalue weighted by Gasteiger charge is 2.32. The zero-order chi connectivity index (χ0) is 7.71. The Hall–Kier alpha value is 0.390. The maximum atomic E-state index is 5.22. The Morgan fingerprint density at radius 3 is 1.33 bits per heavy atom. The van der Waals surface area contributed by atoms with Crippen LogP contribution in [0.1, 0.15) is 34.6 Å². The van der Waals surface area contributed by atoms with Gasteiger partial charge in [0.05, 0.1) is 5.60 Å². The molecule has 0 aromatic carbocycles. The van der Waals surface area contributed by atoms with Gasteiger partial charge in [-0.3, -0.25) is 0 Å². The van der Waals surface area contributed by atoms with Gasteiger partial charge in [-0.2, -0.15) is 0 Å². The Kier molecular flexibility index (Phi) is 2.67. The van der Waals surface area contributed by atoms with Gasteiger partial charge in [0.2, 0.25) is 0 Å². The van der Waals surface area contributed by atoms with Gasteiger partial charge in [0, 0.05) is 9.47 Å². The lowest BCUT2D eigenvalue weighted by atomic mass is 9.79. The lowest BCUT2D eigenvalue weighted by Crippen LogP contribution is -2.36. The highest BCUT2D eigenvalue weighted by atomic mass is 31.0. The Labute approximate surface area is 60.5 Å². The summed E-state index contributed by atoms with van der Waals surface area (Å²) >= 11 is 0. The summed E-state index contributed by atoms with van der Waals surface area (Å²) in [5, 5.41) is 0. The van der Waals surface area contributed by atoms with Gasteiger partial charge >= 0.3 is 0 Å². The van der Waals surface area contributed by atoms with E-state index in [1.165, 1.54) is 0 Å². The lowest BCUT2D eigenvalue weighted by molar-refractivity contribution is 0.0180. The molecule has 1 nitrogen and oxygen atoms in total. The van der Waals surface area contributed by atoms with E-state index in [0.717, 1.165) is 0 Å². The third kappa shape index (κ3) is 2.23. The molecule has 9 heavy (non-hydrogen) atoms. The van der Waals surface area contributed by atoms with E-state index < -0.39 is 0 Å². The minimum Gasteiger partial charge on any atom is -0.359 e. The van der Waals surface area contributed by atoms with Crippen molar-refractivity contribution >= 4 is 9.47 Å². The zero-order valence-corrected chi connectivity index (χ0v) is 8.14. The molecule has 0 bridgehead atoms. The van der Waals surface area contributed by atoms with Gasteiger partial charge in [0.1, 0.15) is 0 Å². The van der Waals surface area contributed by atoms with Crippen LogP contribution in [0.15, 0.2) is 0 Å². The second-order valence-electron chi connectivity index (χ2n) is 3.88. The summed E-state index contributed by atoms with van der Waals surface area (Å²) < 4.78 is 5.22. The molecular formula is C7H17OP. The van der Waals surface area contributed by atoms with Crippen molar-refractivity contribution < 1.29 is 4.52 Å². The smallest absolute Gasteiger partial charge is 0.0710 e. The van der Waals surface area contributed by atoms with Crippen molar-refractivity contribution in [3.8, 4) is 0 Å². The van der Waals surface area contributed by atoms with Gasteiger partial charge in [-0.1, -0.05) is 20.8 Å². The molecule has 1 atom stereocenters. The predicted molar refractivity (Wildman–Crippen MR) is 44.3 cm³/mol. The van der Waals surface area contributed by atoms with Crippen molar-refractivity contribution in [3.05, 3.63) is 0 Å². The largest absolute Gasteiger partial charge is 0.359 e. The Morgan fingerprint density at radius 1 is 1.00 bits per heavy atom. The van der Waals surface area contributed by atoms with Crippen LogP contribution in [0.4, 0.5) is 0 Å². The van der Waals surface area contributed by atoms with E-state index in [9.17, 15) is 0 Å². The summed E-state index contributed by atoms with van der Waals surface area (Å²) in [6.07, 6.45) is 0. The van der Waals surface area contributed by atoms with Crippen molar-refractivity contribution in [2.24, 2.45) is 5.41 Å². The van der Waals surface area contributed by atoms with E-state index in [4.69, 9.17) is 4.52 Å². The maximum absolute atomic E-state index is 5.22. The fourth-order valence-corrected chi connectivity index (χ4v) is 0.530. The molecule has 0 aliphatic heterocycles. The molecule has 56 valence electrons. The molecule has 0 spiro atoms. The molecule has 0 saturated carbocycles. The monoisotopic (exact) mass is 148 g/mol. The molecule has 0 heterocycles. The summed E-state index contributed by atoms with van der Waals surface area (Å²) in [4.78, 5) is 0. The van der Waals surface area contributed by atoms with Gasteiger partial charge in [-0.05, 0) is 19.3 Å². The Morgan fingerprint density at radius 2 is 1.33 bits per heavy atom. The van der Waals surface area contributed by atoms with Crippen LogP contribution >= 0.6 is 9.47 Å². The standard InChI is InChI=1S/C7H17OP/c1-6(2,3)7(4,5)8-9/h9H2,1-5H3. The normalized spacial score (nSPS) is 14.0. The molecular weight excluding hydrogens is 131 g/mol. The van der Waals surface area contributed by atoms with Gasteiger partial charge in [-0.25, -0.2) is 0 Å². The first-order valence-corrected chi connectivity index (χ1v) is 3.66. The second-order valence-corrected chi connectivity index (χ2v) is 4.11. The van der Waals surface area contributed by atoms with E-state index in [1.54, 1.807) is 0 Å². The SMILES string of the molecule is CC(C)(C)C(C)(C)OP. The van der Waals surface area contributed by atoms with Crippen LogP contribution in [0.3, 0.4) is 0 Å². The first-order valence-electron chi connectivity index (χ1n) is 3.19. The maximum Gasteiger partial charge on any atom is 0.0710 e. The van der Waals surface area contributed by atoms with Gasteiger partial charge < -0.3 is 4.52 Å². The fourth-order valence-electron chi connectivity index (χ4n) is 0.177. The zero-order valence-electron chi connectivity index (χ0n) is 6.99. The van der Waals surface area contributed by atoms with Crippen LogP contribution in [-0.4, -0.2) is 5.60 Å². The van der Waals surface area contributed by atoms with E-state index >= 15 is 0 Å². The molecule has 0 aromatic heterocycles. The topological polar surface area (TPSA) is 9.23 Å². The van der Waals surface area contributed by atoms with Crippen LogP contribution in [0.25, 0.3) is 0 Å². The van der Waals surface area contributed by atoms with Crippen LogP contribution in [-0.2, 0) is 4.52 Å². The summed E-state index contributed by atoms with van der Waals surface area (Å²) in [5.41, 5.74) is 0.145. The second kappa shape index (κ2) is 2.56. The number of rotatable bonds is 1. The van der Waals surface area contributed by atoms with E-state index in [0.29, 0.717) is 0 Å². The first-order chi connectivity index (χ1) is 3.81. The molecule has 1 unspecified atom stereocenters. The highest BCUT2D eigenvalue weighted by molar-refractivity contribution is 7.09. The van der Waals surface area contributed by atoms with E-state index in [-0.39, 0.29) is 11.0 Å². The minimum absolute atomic E-state index is 0.0579. The molecule has 0 rings (SSSR count). The third-order valence-electron chi connectivity index (χ3n) is 2.10. The van der Waals surface area contributed by atoms with Gasteiger partial charge in [0.15, 0.2) is 0 Å². The minimum atomic E-state index is -0.0579. The Bertz CT molecular complexity index is 91.6. The van der Waals surface area contributed by atoms with Crippen LogP contribution in [0.5, 0.6) is 0 Å². The fraction of sp³-hybridized carbons (Fsp3) is 1.00. The molecule has 0 aromatic rings. The summed E-state index contributed by atoms with van der Waals surface area (Å²) in [6, 6.07) is 0. The van der Waals surface area contributed by atoms with Crippen molar-refractivity contribution in [2.45, 2.75) is 40.2 Å². The highest BCUT2D eigenvalue weighted by Crippen LogP contribution is 2.34. The lowest BCUT2D eigenvalue weighted by Gasteiger charge is -2.36. The molecule has 0 N–H and O–H groups in total. The number of hydrogen-bond acceptors (Lipinski definition) is 1. The molecule has 0 amide bonds. The van der Waals surface area contributed by atoms with E-state index in [1.807, 2.05) is 0 Å². The molecule has 2 heteroatoms. The van der Waals surface area contributed by atoms with Crippen molar-refractivity contribution in [2.75, 3.05) is 0 Å². The summed E-state index contributed by atoms with van der Waals surface area (Å²) in [5.74, 6) is 0. The average Bonchev–Trinajstić information content (AvgIpc) is 1.64. The van der Waals surface area contributed by atoms with Crippen LogP contribution in [0, 0.1) is 5.41 Å². The van der Waals surface area contributed by atoms with Crippen LogP contribution in [0.2, 0.25) is 0 Å². The van der Waals surface area contributed by atoms with Crippen molar-refractivity contribution in [1.29, 1.82) is 0 Å². The molecule has 0 aliphatic carbocycles. The van der Waals surface area contributed by atoms with Gasteiger partial charge in [0.25, 0.3) is 0 Å². The molecule has 0 radical (unpaired) electrons. The van der Waals surface area contributed by atoms with Crippen molar-refractivity contribution in [1.82, 2.24) is 0 Å². The number of hydrogen-bond donors (Lipinski definition) is 0. The summed E-state index contributed by atoms with van der Waals surface area (Å²) in [7, 11) is 2.31. The molecule has 0 aliphatic rings. The Balaban J connectivity index is 4.14. The first kappa shape index (κ1) is 9.39. The van der Waals surface area contributed by atoms with Crippen molar-refractivity contribution in [3.63, 3.8) is 0 Å².